The molecule has 24 heavy (non-hydrogen) atoms. The lowest BCUT2D eigenvalue weighted by molar-refractivity contribution is -0.132. The van der Waals surface area contributed by atoms with Crippen molar-refractivity contribution in [2.45, 2.75) is 19.8 Å². The van der Waals surface area contributed by atoms with Gasteiger partial charge in [0.05, 0.1) is 0 Å². The molecule has 3 rings (SSSR count). The van der Waals surface area contributed by atoms with Crippen molar-refractivity contribution < 1.29 is 9.59 Å². The van der Waals surface area contributed by atoms with Crippen LogP contribution in [0.5, 0.6) is 0 Å². The van der Waals surface area contributed by atoms with Crippen LogP contribution in [0, 0.1) is 12.8 Å². The zero-order valence-electron chi connectivity index (χ0n) is 13.9. The van der Waals surface area contributed by atoms with Crippen LogP contribution in [0.2, 0.25) is 0 Å². The molecule has 1 N–H and O–H groups in total. The summed E-state index contributed by atoms with van der Waals surface area (Å²) in [5.41, 5.74) is 3.26. The molecule has 4 heteroatoms. The molecule has 0 spiro atoms. The fourth-order valence-corrected chi connectivity index (χ4v) is 3.11. The Kier molecular flexibility index (Phi) is 4.94. The number of carbonyl (C=O) groups excluding carboxylic acids is 2. The Balaban J connectivity index is 1.53. The van der Waals surface area contributed by atoms with E-state index >= 15 is 0 Å². The van der Waals surface area contributed by atoms with Gasteiger partial charge in [-0.05, 0) is 37.5 Å². The minimum absolute atomic E-state index is 0.103. The minimum Gasteiger partial charge on any atom is -0.355 e. The van der Waals surface area contributed by atoms with Gasteiger partial charge in [-0.2, -0.15) is 0 Å². The number of benzene rings is 2. The van der Waals surface area contributed by atoms with Crippen molar-refractivity contribution in [2.24, 2.45) is 5.92 Å². The fraction of sp³-hybridized carbons (Fsp3) is 0.300. The molecule has 0 aliphatic carbocycles. The minimum atomic E-state index is -0.567. The van der Waals surface area contributed by atoms with Gasteiger partial charge in [-0.15, -0.1) is 0 Å². The number of hydrogen-bond donors (Lipinski definition) is 1. The lowest BCUT2D eigenvalue weighted by Gasteiger charge is -2.16. The number of nitrogens with one attached hydrogen (secondary N) is 1. The largest absolute Gasteiger partial charge is 0.355 e. The van der Waals surface area contributed by atoms with Crippen LogP contribution >= 0.6 is 0 Å². The molecule has 124 valence electrons. The van der Waals surface area contributed by atoms with Crippen molar-refractivity contribution in [2.75, 3.05) is 18.0 Å². The molecule has 1 atom stereocenters. The Bertz CT molecular complexity index is 727. The Morgan fingerprint density at radius 1 is 1.17 bits per heavy atom. The number of amides is 2. The summed E-state index contributed by atoms with van der Waals surface area (Å²) in [6.07, 6.45) is 1.35. The van der Waals surface area contributed by atoms with Gasteiger partial charge in [-0.25, -0.2) is 0 Å². The predicted octanol–water partition coefficient (Wildman–Crippen LogP) is 2.71. The van der Waals surface area contributed by atoms with E-state index in [-0.39, 0.29) is 11.8 Å². The normalized spacial score (nSPS) is 17.1. The summed E-state index contributed by atoms with van der Waals surface area (Å²) in [4.78, 5) is 26.5. The number of anilines is 1. The summed E-state index contributed by atoms with van der Waals surface area (Å²) in [7, 11) is 0. The molecule has 2 aromatic carbocycles. The van der Waals surface area contributed by atoms with Crippen molar-refractivity contribution in [3.63, 3.8) is 0 Å². The first-order valence-corrected chi connectivity index (χ1v) is 8.35. The summed E-state index contributed by atoms with van der Waals surface area (Å²) < 4.78 is 0. The van der Waals surface area contributed by atoms with Crippen LogP contribution in [0.4, 0.5) is 5.69 Å². The number of nitrogens with zero attached hydrogens (tertiary/aromatic N) is 1. The van der Waals surface area contributed by atoms with Gasteiger partial charge in [-0.1, -0.05) is 48.0 Å². The van der Waals surface area contributed by atoms with Crippen LogP contribution in [0.3, 0.4) is 0 Å². The highest BCUT2D eigenvalue weighted by atomic mass is 16.2. The molecule has 1 fully saturated rings. The standard InChI is InChI=1S/C20H22N2O2/c1-15-6-5-7-16(14-15)10-12-21-19(23)18-11-13-22(20(18)24)17-8-3-2-4-9-17/h2-9,14,18H,10-13H2,1H3,(H,21,23)/t18-/m1/s1. The quantitative estimate of drug-likeness (QED) is 0.861. The third-order valence-corrected chi connectivity index (χ3v) is 4.39. The number of aryl methyl sites for hydroxylation is 1. The summed E-state index contributed by atoms with van der Waals surface area (Å²) >= 11 is 0. The zero-order chi connectivity index (χ0) is 16.9. The SMILES string of the molecule is Cc1cccc(CCNC(=O)[C@H]2CCN(c3ccccc3)C2=O)c1. The Morgan fingerprint density at radius 3 is 2.71 bits per heavy atom. The van der Waals surface area contributed by atoms with Crippen LogP contribution in [-0.4, -0.2) is 24.9 Å². The van der Waals surface area contributed by atoms with E-state index in [1.165, 1.54) is 11.1 Å². The topological polar surface area (TPSA) is 49.4 Å². The second kappa shape index (κ2) is 7.30. The van der Waals surface area contributed by atoms with Gasteiger partial charge in [0.25, 0.3) is 0 Å². The molecule has 1 aliphatic rings. The predicted molar refractivity (Wildman–Crippen MR) is 94.8 cm³/mol. The molecule has 2 aromatic rings. The van der Waals surface area contributed by atoms with E-state index in [9.17, 15) is 9.59 Å². The van der Waals surface area contributed by atoms with Crippen LogP contribution < -0.4 is 10.2 Å². The average molecular weight is 322 g/mol. The van der Waals surface area contributed by atoms with Gasteiger partial charge >= 0.3 is 0 Å². The van der Waals surface area contributed by atoms with E-state index in [2.05, 4.69) is 30.4 Å². The molecule has 2 amide bonds. The first-order valence-electron chi connectivity index (χ1n) is 8.35. The summed E-state index contributed by atoms with van der Waals surface area (Å²) in [6, 6.07) is 17.8. The Morgan fingerprint density at radius 2 is 1.96 bits per heavy atom. The zero-order valence-corrected chi connectivity index (χ0v) is 13.9. The summed E-state index contributed by atoms with van der Waals surface area (Å²) in [5.74, 6) is -0.831. The monoisotopic (exact) mass is 322 g/mol. The molecule has 0 radical (unpaired) electrons. The van der Waals surface area contributed by atoms with Gasteiger partial charge in [-0.3, -0.25) is 9.59 Å². The van der Waals surface area contributed by atoms with Crippen molar-refractivity contribution in [3.05, 3.63) is 65.7 Å². The van der Waals surface area contributed by atoms with Crippen molar-refractivity contribution in [3.8, 4) is 0 Å². The molecule has 1 heterocycles. The van der Waals surface area contributed by atoms with Crippen molar-refractivity contribution >= 4 is 17.5 Å². The maximum Gasteiger partial charge on any atom is 0.239 e. The van der Waals surface area contributed by atoms with Crippen LogP contribution in [-0.2, 0) is 16.0 Å². The molecule has 0 saturated carbocycles. The van der Waals surface area contributed by atoms with Crippen LogP contribution in [0.1, 0.15) is 17.5 Å². The first kappa shape index (κ1) is 16.2. The third kappa shape index (κ3) is 3.65. The smallest absolute Gasteiger partial charge is 0.239 e. The molecular weight excluding hydrogens is 300 g/mol. The highest BCUT2D eigenvalue weighted by Crippen LogP contribution is 2.25. The molecule has 1 saturated heterocycles. The Hall–Kier alpha value is -2.62. The number of para-hydroxylation sites is 1. The van der Waals surface area contributed by atoms with E-state index in [4.69, 9.17) is 0 Å². The van der Waals surface area contributed by atoms with Gasteiger partial charge in [0.15, 0.2) is 0 Å². The molecule has 0 bridgehead atoms. The maximum absolute atomic E-state index is 12.5. The highest BCUT2D eigenvalue weighted by Gasteiger charge is 2.37. The van der Waals surface area contributed by atoms with Gasteiger partial charge in [0, 0.05) is 18.8 Å². The second-order valence-electron chi connectivity index (χ2n) is 6.20. The van der Waals surface area contributed by atoms with E-state index in [0.717, 1.165) is 12.1 Å². The lowest BCUT2D eigenvalue weighted by Crippen LogP contribution is -2.37. The van der Waals surface area contributed by atoms with Crippen LogP contribution in [0.25, 0.3) is 0 Å². The molecule has 1 aliphatic heterocycles. The van der Waals surface area contributed by atoms with E-state index in [1.807, 2.05) is 36.4 Å². The molecule has 4 nitrogen and oxygen atoms in total. The van der Waals surface area contributed by atoms with Crippen LogP contribution in [0.15, 0.2) is 54.6 Å². The maximum atomic E-state index is 12.5. The fourth-order valence-electron chi connectivity index (χ4n) is 3.11. The number of carbonyl (C=O) groups is 2. The molecule has 0 aromatic heterocycles. The van der Waals surface area contributed by atoms with Gasteiger partial charge in [0.1, 0.15) is 5.92 Å². The lowest BCUT2D eigenvalue weighted by atomic mass is 10.1. The average Bonchev–Trinajstić information content (AvgIpc) is 2.97. The van der Waals surface area contributed by atoms with Crippen molar-refractivity contribution in [1.29, 1.82) is 0 Å². The molecule has 0 unspecified atom stereocenters. The third-order valence-electron chi connectivity index (χ3n) is 4.39. The highest BCUT2D eigenvalue weighted by molar-refractivity contribution is 6.09. The first-order chi connectivity index (χ1) is 11.6. The van der Waals surface area contributed by atoms with E-state index in [1.54, 1.807) is 4.90 Å². The number of rotatable bonds is 5. The number of hydrogen-bond acceptors (Lipinski definition) is 2. The van der Waals surface area contributed by atoms with E-state index < -0.39 is 5.92 Å². The van der Waals surface area contributed by atoms with E-state index in [0.29, 0.717) is 19.5 Å². The van der Waals surface area contributed by atoms with Gasteiger partial charge < -0.3 is 10.2 Å². The molecular formula is C20H22N2O2. The van der Waals surface area contributed by atoms with Gasteiger partial charge in [0.2, 0.25) is 11.8 Å². The Labute approximate surface area is 142 Å². The van der Waals surface area contributed by atoms with Crippen molar-refractivity contribution in [1.82, 2.24) is 5.32 Å². The summed E-state index contributed by atoms with van der Waals surface area (Å²) in [6.45, 7) is 3.20. The summed E-state index contributed by atoms with van der Waals surface area (Å²) in [5, 5.41) is 2.91. The second-order valence-corrected chi connectivity index (χ2v) is 6.20.